The van der Waals surface area contributed by atoms with Gasteiger partial charge >= 0.3 is 5.97 Å². The van der Waals surface area contributed by atoms with E-state index in [-0.39, 0.29) is 12.5 Å². The molecule has 0 atom stereocenters. The van der Waals surface area contributed by atoms with Crippen molar-refractivity contribution in [3.05, 3.63) is 87.3 Å². The van der Waals surface area contributed by atoms with Crippen LogP contribution in [-0.4, -0.2) is 33.9 Å². The number of fused-ring (bicyclic) bond motifs is 1. The van der Waals surface area contributed by atoms with Gasteiger partial charge in [0.2, 0.25) is 5.91 Å². The summed E-state index contributed by atoms with van der Waals surface area (Å²) in [5, 5.41) is 5.82. The lowest BCUT2D eigenvalue weighted by atomic mass is 10.2. The van der Waals surface area contributed by atoms with E-state index in [1.54, 1.807) is 37.3 Å². The van der Waals surface area contributed by atoms with Gasteiger partial charge in [0.15, 0.2) is 0 Å². The van der Waals surface area contributed by atoms with Crippen LogP contribution in [0.5, 0.6) is 0 Å². The standard InChI is InChI=1S/C27H26N4O5S/c1-3-4-13-36-27(35)18-9-8-12-20(14-18)29-21(32)15-31-16-28-25-22(26(31)34)17(2)23(37-25)24(33)30-19-10-6-5-7-11-19/h5-12,14,16H,3-4,13,15H2,1-2H3,(H,29,32)(H,30,33). The molecule has 0 aliphatic heterocycles. The number of para-hydroxylation sites is 1. The average Bonchev–Trinajstić information content (AvgIpc) is 3.23. The zero-order valence-corrected chi connectivity index (χ0v) is 21.3. The molecule has 4 aromatic rings. The number of nitrogens with zero attached hydrogens (tertiary/aromatic N) is 2. The van der Waals surface area contributed by atoms with Crippen molar-refractivity contribution in [2.75, 3.05) is 17.2 Å². The second-order valence-corrected chi connectivity index (χ2v) is 9.35. The van der Waals surface area contributed by atoms with Crippen LogP contribution in [0, 0.1) is 6.92 Å². The first-order valence-corrected chi connectivity index (χ1v) is 12.6. The Labute approximate surface area is 217 Å². The molecule has 4 rings (SSSR count). The number of aromatic nitrogens is 2. The van der Waals surface area contributed by atoms with Crippen LogP contribution in [0.1, 0.15) is 45.4 Å². The van der Waals surface area contributed by atoms with Gasteiger partial charge in [-0.25, -0.2) is 9.78 Å². The van der Waals surface area contributed by atoms with E-state index < -0.39 is 17.4 Å². The third-order valence-electron chi connectivity index (χ3n) is 5.58. The fourth-order valence-corrected chi connectivity index (χ4v) is 4.70. The van der Waals surface area contributed by atoms with Gasteiger partial charge in [0.25, 0.3) is 11.5 Å². The molecule has 0 saturated carbocycles. The molecule has 2 aromatic carbocycles. The number of hydrogen-bond donors (Lipinski definition) is 2. The van der Waals surface area contributed by atoms with Crippen molar-refractivity contribution in [2.45, 2.75) is 33.2 Å². The minimum absolute atomic E-state index is 0.284. The molecule has 0 bridgehead atoms. The summed E-state index contributed by atoms with van der Waals surface area (Å²) in [6.07, 6.45) is 2.98. The number of aryl methyl sites for hydroxylation is 1. The maximum atomic E-state index is 13.2. The minimum atomic E-state index is -0.463. The van der Waals surface area contributed by atoms with E-state index in [9.17, 15) is 19.2 Å². The summed E-state index contributed by atoms with van der Waals surface area (Å²) < 4.78 is 6.40. The summed E-state index contributed by atoms with van der Waals surface area (Å²) >= 11 is 1.13. The summed E-state index contributed by atoms with van der Waals surface area (Å²) in [5.41, 5.74) is 1.47. The molecule has 0 spiro atoms. The van der Waals surface area contributed by atoms with Crippen LogP contribution in [0.4, 0.5) is 11.4 Å². The maximum Gasteiger partial charge on any atom is 0.338 e. The van der Waals surface area contributed by atoms with E-state index in [0.717, 1.165) is 24.2 Å². The predicted octanol–water partition coefficient (Wildman–Crippen LogP) is 4.61. The van der Waals surface area contributed by atoms with Crippen molar-refractivity contribution in [3.8, 4) is 0 Å². The van der Waals surface area contributed by atoms with Crippen molar-refractivity contribution in [1.82, 2.24) is 9.55 Å². The molecule has 0 aliphatic rings. The maximum absolute atomic E-state index is 13.2. The number of benzene rings is 2. The molecule has 190 valence electrons. The van der Waals surface area contributed by atoms with Crippen LogP contribution < -0.4 is 16.2 Å². The first-order chi connectivity index (χ1) is 17.9. The quantitative estimate of drug-likeness (QED) is 0.247. The molecule has 2 N–H and O–H groups in total. The highest BCUT2D eigenvalue weighted by Gasteiger charge is 2.20. The molecule has 10 heteroatoms. The fraction of sp³-hybridized carbons (Fsp3) is 0.222. The Balaban J connectivity index is 1.48. The Bertz CT molecular complexity index is 1510. The Morgan fingerprint density at radius 2 is 1.78 bits per heavy atom. The SMILES string of the molecule is CCCCOC(=O)c1cccc(NC(=O)Cn2cnc3sc(C(=O)Nc4ccccc4)c(C)c3c2=O)c1. The predicted molar refractivity (Wildman–Crippen MR) is 143 cm³/mol. The number of rotatable bonds is 9. The van der Waals surface area contributed by atoms with Crippen LogP contribution >= 0.6 is 11.3 Å². The summed E-state index contributed by atoms with van der Waals surface area (Å²) in [6, 6.07) is 15.4. The Hall–Kier alpha value is -4.31. The van der Waals surface area contributed by atoms with Gasteiger partial charge in [0.1, 0.15) is 11.4 Å². The molecular formula is C27H26N4O5S. The second-order valence-electron chi connectivity index (χ2n) is 8.35. The van der Waals surface area contributed by atoms with Gasteiger partial charge in [0, 0.05) is 11.4 Å². The van der Waals surface area contributed by atoms with Crippen molar-refractivity contribution >= 4 is 50.7 Å². The summed E-state index contributed by atoms with van der Waals surface area (Å²) in [7, 11) is 0. The highest BCUT2D eigenvalue weighted by Crippen LogP contribution is 2.27. The topological polar surface area (TPSA) is 119 Å². The Morgan fingerprint density at radius 1 is 1.03 bits per heavy atom. The largest absolute Gasteiger partial charge is 0.462 e. The first-order valence-electron chi connectivity index (χ1n) is 11.8. The highest BCUT2D eigenvalue weighted by atomic mass is 32.1. The number of amides is 2. The van der Waals surface area contributed by atoms with Crippen molar-refractivity contribution in [2.24, 2.45) is 0 Å². The summed E-state index contributed by atoms with van der Waals surface area (Å²) in [5.74, 6) is -1.26. The zero-order chi connectivity index (χ0) is 26.4. The van der Waals surface area contributed by atoms with Crippen molar-refractivity contribution in [3.63, 3.8) is 0 Å². The van der Waals surface area contributed by atoms with Crippen LogP contribution in [0.3, 0.4) is 0 Å². The third-order valence-corrected chi connectivity index (χ3v) is 6.78. The number of carbonyl (C=O) groups is 3. The number of esters is 1. The molecule has 2 heterocycles. The van der Waals surface area contributed by atoms with E-state index in [0.29, 0.717) is 44.2 Å². The number of thiophene rings is 1. The van der Waals surface area contributed by atoms with Gasteiger partial charge in [-0.2, -0.15) is 0 Å². The molecule has 0 fully saturated rings. The van der Waals surface area contributed by atoms with Crippen molar-refractivity contribution < 1.29 is 19.1 Å². The van der Waals surface area contributed by atoms with E-state index in [2.05, 4.69) is 15.6 Å². The molecular weight excluding hydrogens is 492 g/mol. The monoisotopic (exact) mass is 518 g/mol. The highest BCUT2D eigenvalue weighted by molar-refractivity contribution is 7.20. The lowest BCUT2D eigenvalue weighted by Gasteiger charge is -2.09. The molecule has 2 aromatic heterocycles. The molecule has 0 radical (unpaired) electrons. The van der Waals surface area contributed by atoms with Gasteiger partial charge in [0.05, 0.1) is 28.8 Å². The molecule has 2 amide bonds. The van der Waals surface area contributed by atoms with Crippen LogP contribution in [0.25, 0.3) is 10.2 Å². The summed E-state index contributed by atoms with van der Waals surface area (Å²) in [4.78, 5) is 55.9. The number of unbranched alkanes of at least 4 members (excludes halogenated alkanes) is 1. The normalized spacial score (nSPS) is 10.8. The fourth-order valence-electron chi connectivity index (χ4n) is 3.67. The van der Waals surface area contributed by atoms with Crippen molar-refractivity contribution in [1.29, 1.82) is 0 Å². The average molecular weight is 519 g/mol. The Morgan fingerprint density at radius 3 is 2.54 bits per heavy atom. The van der Waals surface area contributed by atoms with E-state index in [1.165, 1.54) is 17.0 Å². The smallest absolute Gasteiger partial charge is 0.338 e. The molecule has 37 heavy (non-hydrogen) atoms. The van der Waals surface area contributed by atoms with Gasteiger partial charge in [-0.05, 0) is 49.2 Å². The molecule has 0 unspecified atom stereocenters. The van der Waals surface area contributed by atoms with E-state index in [1.807, 2.05) is 25.1 Å². The van der Waals surface area contributed by atoms with Gasteiger partial charge in [-0.3, -0.25) is 19.0 Å². The number of ether oxygens (including phenoxy) is 1. The third kappa shape index (κ3) is 6.10. The zero-order valence-electron chi connectivity index (χ0n) is 20.4. The molecule has 0 aliphatic carbocycles. The van der Waals surface area contributed by atoms with Gasteiger partial charge in [-0.1, -0.05) is 37.6 Å². The van der Waals surface area contributed by atoms with Crippen LogP contribution in [0.15, 0.2) is 65.7 Å². The van der Waals surface area contributed by atoms with E-state index in [4.69, 9.17) is 4.74 Å². The number of nitrogens with one attached hydrogen (secondary N) is 2. The second kappa shape index (κ2) is 11.6. The van der Waals surface area contributed by atoms with Gasteiger partial charge < -0.3 is 15.4 Å². The lowest BCUT2D eigenvalue weighted by molar-refractivity contribution is -0.116. The number of carbonyl (C=O) groups excluding carboxylic acids is 3. The molecule has 0 saturated heterocycles. The molecule has 9 nitrogen and oxygen atoms in total. The number of hydrogen-bond acceptors (Lipinski definition) is 7. The van der Waals surface area contributed by atoms with Crippen LogP contribution in [0.2, 0.25) is 0 Å². The summed E-state index contributed by atoms with van der Waals surface area (Å²) in [6.45, 7) is 3.75. The lowest BCUT2D eigenvalue weighted by Crippen LogP contribution is -2.28. The first kappa shape index (κ1) is 25.8. The minimum Gasteiger partial charge on any atom is -0.462 e. The number of anilines is 2. The Kier molecular flexibility index (Phi) is 8.09. The van der Waals surface area contributed by atoms with Crippen LogP contribution in [-0.2, 0) is 16.1 Å². The van der Waals surface area contributed by atoms with E-state index >= 15 is 0 Å². The van der Waals surface area contributed by atoms with Gasteiger partial charge in [-0.15, -0.1) is 11.3 Å².